The molecular weight excluding hydrogens is 220 g/mol. The molecule has 0 aliphatic carbocycles. The number of carbonyl (C=O) groups excluding carboxylic acids is 1. The number of hydrogen-bond acceptors (Lipinski definition) is 3. The predicted octanol–water partition coefficient (Wildman–Crippen LogP) is 0.696. The minimum absolute atomic E-state index is 0.0145. The van der Waals surface area contributed by atoms with Crippen molar-refractivity contribution >= 4 is 11.9 Å². The number of nitrogens with zero attached hydrogens (tertiary/aromatic N) is 1. The maximum Gasteiger partial charge on any atom is 0.306 e. The van der Waals surface area contributed by atoms with Gasteiger partial charge >= 0.3 is 5.97 Å². The summed E-state index contributed by atoms with van der Waals surface area (Å²) in [5.41, 5.74) is 0. The molecule has 98 valence electrons. The summed E-state index contributed by atoms with van der Waals surface area (Å²) in [6.45, 7) is 6.89. The number of likely N-dealkylation sites (tertiary alicyclic amines) is 1. The molecular formula is C12H22N2O3. The van der Waals surface area contributed by atoms with Crippen LogP contribution in [0.15, 0.2) is 0 Å². The van der Waals surface area contributed by atoms with Crippen LogP contribution in [-0.2, 0) is 9.59 Å². The van der Waals surface area contributed by atoms with Crippen molar-refractivity contribution in [1.29, 1.82) is 0 Å². The number of carboxylic acid groups (broad SMARTS) is 1. The zero-order valence-electron chi connectivity index (χ0n) is 10.8. The third-order valence-electron chi connectivity index (χ3n) is 3.16. The summed E-state index contributed by atoms with van der Waals surface area (Å²) in [4.78, 5) is 24.5. The molecule has 0 bridgehead atoms. The SMILES string of the molecule is CC(C)NC(=O)CN1CCC(C(=O)O)CC1C. The molecule has 1 heterocycles. The normalized spacial score (nSPS) is 25.9. The van der Waals surface area contributed by atoms with Crippen molar-refractivity contribution < 1.29 is 14.7 Å². The molecule has 2 atom stereocenters. The van der Waals surface area contributed by atoms with Gasteiger partial charge in [-0.25, -0.2) is 0 Å². The van der Waals surface area contributed by atoms with Crippen LogP contribution in [0.25, 0.3) is 0 Å². The number of carbonyl (C=O) groups is 2. The standard InChI is InChI=1S/C12H22N2O3/c1-8(2)13-11(15)7-14-5-4-10(12(16)17)6-9(14)3/h8-10H,4-7H2,1-3H3,(H,13,15)(H,16,17). The Labute approximate surface area is 102 Å². The van der Waals surface area contributed by atoms with E-state index in [1.807, 2.05) is 20.8 Å². The monoisotopic (exact) mass is 242 g/mol. The molecule has 0 spiro atoms. The molecule has 2 unspecified atom stereocenters. The Kier molecular flexibility index (Phi) is 4.93. The van der Waals surface area contributed by atoms with E-state index in [-0.39, 0.29) is 23.9 Å². The fraction of sp³-hybridized carbons (Fsp3) is 0.833. The molecule has 1 fully saturated rings. The van der Waals surface area contributed by atoms with Gasteiger partial charge in [-0.2, -0.15) is 0 Å². The topological polar surface area (TPSA) is 69.6 Å². The van der Waals surface area contributed by atoms with Crippen molar-refractivity contribution in [3.05, 3.63) is 0 Å². The molecule has 2 N–H and O–H groups in total. The minimum Gasteiger partial charge on any atom is -0.481 e. The smallest absolute Gasteiger partial charge is 0.306 e. The average molecular weight is 242 g/mol. The largest absolute Gasteiger partial charge is 0.481 e. The lowest BCUT2D eigenvalue weighted by molar-refractivity contribution is -0.144. The quantitative estimate of drug-likeness (QED) is 0.761. The number of nitrogens with one attached hydrogen (secondary N) is 1. The lowest BCUT2D eigenvalue weighted by Gasteiger charge is -2.35. The van der Waals surface area contributed by atoms with Crippen LogP contribution in [0, 0.1) is 5.92 Å². The molecule has 5 nitrogen and oxygen atoms in total. The van der Waals surface area contributed by atoms with Crippen LogP contribution in [0.2, 0.25) is 0 Å². The Morgan fingerprint density at radius 3 is 2.59 bits per heavy atom. The molecule has 0 aromatic carbocycles. The molecule has 0 aromatic heterocycles. The van der Waals surface area contributed by atoms with Gasteiger partial charge in [-0.3, -0.25) is 14.5 Å². The third-order valence-corrected chi connectivity index (χ3v) is 3.16. The Morgan fingerprint density at radius 2 is 2.12 bits per heavy atom. The number of aliphatic carboxylic acids is 1. The minimum atomic E-state index is -0.719. The summed E-state index contributed by atoms with van der Waals surface area (Å²) in [5, 5.41) is 11.8. The molecule has 0 saturated carbocycles. The first-order chi connectivity index (χ1) is 7.90. The highest BCUT2D eigenvalue weighted by atomic mass is 16.4. The van der Waals surface area contributed by atoms with E-state index in [4.69, 9.17) is 5.11 Å². The van der Waals surface area contributed by atoms with Gasteiger partial charge in [0.1, 0.15) is 0 Å². The molecule has 1 saturated heterocycles. The van der Waals surface area contributed by atoms with Crippen molar-refractivity contribution in [1.82, 2.24) is 10.2 Å². The summed E-state index contributed by atoms with van der Waals surface area (Å²) < 4.78 is 0. The van der Waals surface area contributed by atoms with Crippen LogP contribution in [0.4, 0.5) is 0 Å². The van der Waals surface area contributed by atoms with Crippen LogP contribution < -0.4 is 5.32 Å². The van der Waals surface area contributed by atoms with Gasteiger partial charge in [0.25, 0.3) is 0 Å². The Bertz CT molecular complexity index is 291. The molecule has 1 aliphatic rings. The summed E-state index contributed by atoms with van der Waals surface area (Å²) in [6, 6.07) is 0.303. The van der Waals surface area contributed by atoms with Gasteiger partial charge in [0.15, 0.2) is 0 Å². The number of piperidine rings is 1. The average Bonchev–Trinajstić information content (AvgIpc) is 2.19. The zero-order valence-corrected chi connectivity index (χ0v) is 10.8. The van der Waals surface area contributed by atoms with E-state index >= 15 is 0 Å². The maximum absolute atomic E-state index is 11.6. The molecule has 0 aromatic rings. The molecule has 1 rings (SSSR count). The fourth-order valence-electron chi connectivity index (χ4n) is 2.23. The highest BCUT2D eigenvalue weighted by Gasteiger charge is 2.30. The molecule has 17 heavy (non-hydrogen) atoms. The van der Waals surface area contributed by atoms with Crippen molar-refractivity contribution in [2.45, 2.75) is 45.7 Å². The van der Waals surface area contributed by atoms with Crippen molar-refractivity contribution in [3.8, 4) is 0 Å². The van der Waals surface area contributed by atoms with E-state index in [9.17, 15) is 9.59 Å². The van der Waals surface area contributed by atoms with Gasteiger partial charge < -0.3 is 10.4 Å². The van der Waals surface area contributed by atoms with E-state index in [0.717, 1.165) is 0 Å². The summed E-state index contributed by atoms with van der Waals surface area (Å²) in [6.07, 6.45) is 1.26. The number of rotatable bonds is 4. The van der Waals surface area contributed by atoms with Crippen LogP contribution >= 0.6 is 0 Å². The highest BCUT2D eigenvalue weighted by Crippen LogP contribution is 2.22. The maximum atomic E-state index is 11.6. The predicted molar refractivity (Wildman–Crippen MR) is 64.7 cm³/mol. The third kappa shape index (κ3) is 4.34. The van der Waals surface area contributed by atoms with E-state index in [1.165, 1.54) is 0 Å². The lowest BCUT2D eigenvalue weighted by Crippen LogP contribution is -2.48. The van der Waals surface area contributed by atoms with Gasteiger partial charge in [0.2, 0.25) is 5.91 Å². The van der Waals surface area contributed by atoms with Crippen molar-refractivity contribution in [2.24, 2.45) is 5.92 Å². The summed E-state index contributed by atoms with van der Waals surface area (Å²) in [7, 11) is 0. The van der Waals surface area contributed by atoms with Crippen LogP contribution in [-0.4, -0.2) is 47.1 Å². The lowest BCUT2D eigenvalue weighted by atomic mass is 9.92. The molecule has 5 heteroatoms. The second kappa shape index (κ2) is 6.00. The molecule has 1 amide bonds. The number of carboxylic acids is 1. The Morgan fingerprint density at radius 1 is 1.47 bits per heavy atom. The van der Waals surface area contributed by atoms with E-state index in [0.29, 0.717) is 25.9 Å². The molecule has 0 radical (unpaired) electrons. The summed E-state index contributed by atoms with van der Waals surface area (Å²) >= 11 is 0. The van der Waals surface area contributed by atoms with Gasteiger partial charge in [0, 0.05) is 12.1 Å². The summed E-state index contributed by atoms with van der Waals surface area (Å²) in [5.74, 6) is -0.960. The van der Waals surface area contributed by atoms with Gasteiger partial charge in [-0.05, 0) is 40.2 Å². The fourth-order valence-corrected chi connectivity index (χ4v) is 2.23. The van der Waals surface area contributed by atoms with E-state index < -0.39 is 5.97 Å². The first kappa shape index (κ1) is 14.0. The second-order valence-electron chi connectivity index (χ2n) is 5.10. The Balaban J connectivity index is 2.42. The van der Waals surface area contributed by atoms with Crippen LogP contribution in [0.1, 0.15) is 33.6 Å². The second-order valence-corrected chi connectivity index (χ2v) is 5.10. The van der Waals surface area contributed by atoms with Crippen LogP contribution in [0.3, 0.4) is 0 Å². The zero-order chi connectivity index (χ0) is 13.0. The van der Waals surface area contributed by atoms with Gasteiger partial charge in [-0.1, -0.05) is 0 Å². The van der Waals surface area contributed by atoms with Crippen molar-refractivity contribution in [2.75, 3.05) is 13.1 Å². The van der Waals surface area contributed by atoms with Crippen molar-refractivity contribution in [3.63, 3.8) is 0 Å². The number of amides is 1. The highest BCUT2D eigenvalue weighted by molar-refractivity contribution is 5.78. The van der Waals surface area contributed by atoms with E-state index in [1.54, 1.807) is 0 Å². The van der Waals surface area contributed by atoms with Gasteiger partial charge in [0.05, 0.1) is 12.5 Å². The molecule has 1 aliphatic heterocycles. The first-order valence-corrected chi connectivity index (χ1v) is 6.16. The first-order valence-electron chi connectivity index (χ1n) is 6.16. The van der Waals surface area contributed by atoms with Gasteiger partial charge in [-0.15, -0.1) is 0 Å². The number of hydrogen-bond donors (Lipinski definition) is 2. The Hall–Kier alpha value is -1.10. The van der Waals surface area contributed by atoms with Crippen LogP contribution in [0.5, 0.6) is 0 Å². The van der Waals surface area contributed by atoms with E-state index in [2.05, 4.69) is 10.2 Å².